The van der Waals surface area contributed by atoms with E-state index in [9.17, 15) is 4.79 Å². The van der Waals surface area contributed by atoms with Gasteiger partial charge < -0.3 is 20.7 Å². The van der Waals surface area contributed by atoms with Crippen molar-refractivity contribution >= 4 is 17.3 Å². The van der Waals surface area contributed by atoms with E-state index in [1.807, 2.05) is 32.9 Å². The van der Waals surface area contributed by atoms with Gasteiger partial charge in [0, 0.05) is 37.6 Å². The van der Waals surface area contributed by atoms with Gasteiger partial charge in [0.05, 0.1) is 5.56 Å². The monoisotopic (exact) mass is 277 g/mol. The van der Waals surface area contributed by atoms with Crippen molar-refractivity contribution in [1.29, 1.82) is 0 Å². The number of hydrogen-bond donors (Lipinski definition) is 2. The Morgan fingerprint density at radius 1 is 1.25 bits per heavy atom. The second-order valence-corrected chi connectivity index (χ2v) is 6.05. The number of nitrogens with zero attached hydrogens (tertiary/aromatic N) is 1. The summed E-state index contributed by atoms with van der Waals surface area (Å²) in [7, 11) is 0. The highest BCUT2D eigenvalue weighted by Crippen LogP contribution is 2.23. The molecule has 0 aromatic heterocycles. The number of ether oxygens (including phenoxy) is 1. The molecule has 2 rings (SSSR count). The lowest BCUT2D eigenvalue weighted by molar-refractivity contribution is 0.00696. The summed E-state index contributed by atoms with van der Waals surface area (Å²) in [6, 6.07) is 5.43. The molecule has 0 unspecified atom stereocenters. The van der Waals surface area contributed by atoms with Gasteiger partial charge in [0.15, 0.2) is 0 Å². The molecule has 1 heterocycles. The molecule has 1 fully saturated rings. The van der Waals surface area contributed by atoms with Crippen molar-refractivity contribution in [3.8, 4) is 0 Å². The van der Waals surface area contributed by atoms with Gasteiger partial charge in [-0.1, -0.05) is 0 Å². The molecule has 0 spiro atoms. The lowest BCUT2D eigenvalue weighted by Gasteiger charge is -2.30. The SMILES string of the molecule is CC(C)(C)OC(=O)c1cc(N)cc(N2CCNCC2)c1. The molecule has 1 aromatic carbocycles. The van der Waals surface area contributed by atoms with Gasteiger partial charge in [-0.2, -0.15) is 0 Å². The number of nitrogens with two attached hydrogens (primary N) is 1. The van der Waals surface area contributed by atoms with E-state index in [1.165, 1.54) is 0 Å². The van der Waals surface area contributed by atoms with Crippen LogP contribution in [0.25, 0.3) is 0 Å². The van der Waals surface area contributed by atoms with Crippen LogP contribution in [0.5, 0.6) is 0 Å². The first-order valence-electron chi connectivity index (χ1n) is 6.95. The highest BCUT2D eigenvalue weighted by atomic mass is 16.6. The van der Waals surface area contributed by atoms with Crippen molar-refractivity contribution in [2.45, 2.75) is 26.4 Å². The van der Waals surface area contributed by atoms with Crippen LogP contribution >= 0.6 is 0 Å². The Bertz CT molecular complexity index is 488. The van der Waals surface area contributed by atoms with Crippen molar-refractivity contribution in [2.75, 3.05) is 36.8 Å². The fourth-order valence-electron chi connectivity index (χ4n) is 2.20. The van der Waals surface area contributed by atoms with Crippen LogP contribution in [0.3, 0.4) is 0 Å². The molecule has 5 heteroatoms. The number of hydrogen-bond acceptors (Lipinski definition) is 5. The van der Waals surface area contributed by atoms with E-state index in [1.54, 1.807) is 6.07 Å². The first-order valence-corrected chi connectivity index (χ1v) is 6.95. The number of nitrogen functional groups attached to an aromatic ring is 1. The number of benzene rings is 1. The molecular formula is C15H23N3O2. The maximum Gasteiger partial charge on any atom is 0.338 e. The molecular weight excluding hydrogens is 254 g/mol. The lowest BCUT2D eigenvalue weighted by atomic mass is 10.1. The third-order valence-corrected chi connectivity index (χ3v) is 3.06. The van der Waals surface area contributed by atoms with Gasteiger partial charge in [-0.15, -0.1) is 0 Å². The predicted molar refractivity (Wildman–Crippen MR) is 81.1 cm³/mol. The number of nitrogens with one attached hydrogen (secondary N) is 1. The lowest BCUT2D eigenvalue weighted by Crippen LogP contribution is -2.43. The molecule has 20 heavy (non-hydrogen) atoms. The second kappa shape index (κ2) is 5.71. The zero-order valence-corrected chi connectivity index (χ0v) is 12.4. The number of anilines is 2. The maximum atomic E-state index is 12.1. The van der Waals surface area contributed by atoms with Gasteiger partial charge in [0.1, 0.15) is 5.60 Å². The normalized spacial score (nSPS) is 16.1. The van der Waals surface area contributed by atoms with Crippen molar-refractivity contribution in [3.63, 3.8) is 0 Å². The van der Waals surface area contributed by atoms with E-state index < -0.39 is 5.60 Å². The third kappa shape index (κ3) is 3.87. The average molecular weight is 277 g/mol. The number of esters is 1. The van der Waals surface area contributed by atoms with Crippen LogP contribution in [0.2, 0.25) is 0 Å². The van der Waals surface area contributed by atoms with Crippen molar-refractivity contribution in [3.05, 3.63) is 23.8 Å². The number of carbonyl (C=O) groups excluding carboxylic acids is 1. The van der Waals surface area contributed by atoms with Gasteiger partial charge in [0.25, 0.3) is 0 Å². The molecule has 1 saturated heterocycles. The Balaban J connectivity index is 2.21. The Hall–Kier alpha value is -1.75. The van der Waals surface area contributed by atoms with E-state index in [0.717, 1.165) is 31.9 Å². The van der Waals surface area contributed by atoms with Gasteiger partial charge in [0.2, 0.25) is 0 Å². The largest absolute Gasteiger partial charge is 0.456 e. The molecule has 1 aliphatic rings. The minimum Gasteiger partial charge on any atom is -0.456 e. The minimum atomic E-state index is -0.503. The first kappa shape index (κ1) is 14.7. The second-order valence-electron chi connectivity index (χ2n) is 6.05. The zero-order valence-electron chi connectivity index (χ0n) is 12.4. The van der Waals surface area contributed by atoms with Crippen LogP contribution in [0.4, 0.5) is 11.4 Å². The summed E-state index contributed by atoms with van der Waals surface area (Å²) in [5.41, 5.74) is 7.49. The smallest absolute Gasteiger partial charge is 0.338 e. The van der Waals surface area contributed by atoms with E-state index in [2.05, 4.69) is 10.2 Å². The highest BCUT2D eigenvalue weighted by Gasteiger charge is 2.20. The summed E-state index contributed by atoms with van der Waals surface area (Å²) < 4.78 is 5.40. The van der Waals surface area contributed by atoms with Crippen LogP contribution in [0, 0.1) is 0 Å². The summed E-state index contributed by atoms with van der Waals surface area (Å²) in [5.74, 6) is -0.332. The fourth-order valence-corrected chi connectivity index (χ4v) is 2.20. The van der Waals surface area contributed by atoms with Gasteiger partial charge in [-0.25, -0.2) is 4.79 Å². The predicted octanol–water partition coefficient (Wildman–Crippen LogP) is 1.63. The molecule has 0 amide bonds. The maximum absolute atomic E-state index is 12.1. The average Bonchev–Trinajstić information content (AvgIpc) is 2.37. The summed E-state index contributed by atoms with van der Waals surface area (Å²) >= 11 is 0. The molecule has 0 bridgehead atoms. The Morgan fingerprint density at radius 2 is 1.90 bits per heavy atom. The standard InChI is InChI=1S/C15H23N3O2/c1-15(2,3)20-14(19)11-8-12(16)10-13(9-11)18-6-4-17-5-7-18/h8-10,17H,4-7,16H2,1-3H3. The minimum absolute atomic E-state index is 0.332. The molecule has 1 aromatic rings. The molecule has 0 radical (unpaired) electrons. The molecule has 110 valence electrons. The molecule has 1 aliphatic heterocycles. The van der Waals surface area contributed by atoms with Crippen molar-refractivity contribution in [2.24, 2.45) is 0 Å². The molecule has 0 atom stereocenters. The quantitative estimate of drug-likeness (QED) is 0.635. The Labute approximate surface area is 120 Å². The summed E-state index contributed by atoms with van der Waals surface area (Å²) in [5, 5.41) is 3.30. The van der Waals surface area contributed by atoms with Crippen LogP contribution in [0.1, 0.15) is 31.1 Å². The molecule has 0 saturated carbocycles. The van der Waals surface area contributed by atoms with E-state index in [4.69, 9.17) is 10.5 Å². The molecule has 3 N–H and O–H groups in total. The summed E-state index contributed by atoms with van der Waals surface area (Å²) in [4.78, 5) is 14.4. The van der Waals surface area contributed by atoms with Crippen LogP contribution in [-0.4, -0.2) is 37.7 Å². The van der Waals surface area contributed by atoms with Gasteiger partial charge in [-0.3, -0.25) is 0 Å². The van der Waals surface area contributed by atoms with Crippen LogP contribution < -0.4 is 16.0 Å². The molecule has 0 aliphatic carbocycles. The highest BCUT2D eigenvalue weighted by molar-refractivity contribution is 5.92. The van der Waals surface area contributed by atoms with Crippen molar-refractivity contribution in [1.82, 2.24) is 5.32 Å². The summed E-state index contributed by atoms with van der Waals surface area (Å²) in [6.45, 7) is 9.28. The first-order chi connectivity index (χ1) is 9.35. The van der Waals surface area contributed by atoms with E-state index in [-0.39, 0.29) is 5.97 Å². The van der Waals surface area contributed by atoms with Gasteiger partial charge >= 0.3 is 5.97 Å². The van der Waals surface area contributed by atoms with Crippen LogP contribution in [0.15, 0.2) is 18.2 Å². The number of carbonyl (C=O) groups is 1. The Kier molecular flexibility index (Phi) is 4.18. The van der Waals surface area contributed by atoms with Crippen LogP contribution in [-0.2, 0) is 4.74 Å². The number of rotatable bonds is 2. The van der Waals surface area contributed by atoms with E-state index >= 15 is 0 Å². The van der Waals surface area contributed by atoms with Crippen molar-refractivity contribution < 1.29 is 9.53 Å². The Morgan fingerprint density at radius 3 is 2.50 bits per heavy atom. The summed E-state index contributed by atoms with van der Waals surface area (Å²) in [6.07, 6.45) is 0. The third-order valence-electron chi connectivity index (χ3n) is 3.06. The molecule has 5 nitrogen and oxygen atoms in total. The zero-order chi connectivity index (χ0) is 14.8. The fraction of sp³-hybridized carbons (Fsp3) is 0.533. The topological polar surface area (TPSA) is 67.6 Å². The van der Waals surface area contributed by atoms with E-state index in [0.29, 0.717) is 11.3 Å². The number of piperazine rings is 1. The van der Waals surface area contributed by atoms with Gasteiger partial charge in [-0.05, 0) is 39.0 Å².